The lowest BCUT2D eigenvalue weighted by atomic mass is 9.89. The number of nitrogen functional groups attached to an aromatic ring is 1. The molecular weight excluding hydrogens is 350 g/mol. The van der Waals surface area contributed by atoms with Crippen molar-refractivity contribution >= 4 is 17.5 Å². The smallest absolute Gasteiger partial charge is 0.326 e. The maximum absolute atomic E-state index is 12.7. The van der Waals surface area contributed by atoms with Gasteiger partial charge in [-0.2, -0.15) is 0 Å². The summed E-state index contributed by atoms with van der Waals surface area (Å²) in [6, 6.07) is 7.55. The average Bonchev–Trinajstić information content (AvgIpc) is 3.05. The summed E-state index contributed by atoms with van der Waals surface area (Å²) < 4.78 is 5.78. The van der Waals surface area contributed by atoms with Gasteiger partial charge in [0.05, 0.1) is 6.54 Å². The number of anilines is 1. The van der Waals surface area contributed by atoms with E-state index in [0.29, 0.717) is 18.2 Å². The first kappa shape index (κ1) is 19.9. The number of carbonyl (C=O) groups excluding carboxylic acids is 1. The van der Waals surface area contributed by atoms with Gasteiger partial charge in [-0.05, 0) is 55.5 Å². The van der Waals surface area contributed by atoms with Gasteiger partial charge in [0.15, 0.2) is 0 Å². The third-order valence-corrected chi connectivity index (χ3v) is 5.17. The number of ether oxygens (including phenoxy) is 1. The first-order valence-electron chi connectivity index (χ1n) is 9.92. The molecule has 2 N–H and O–H groups in total. The van der Waals surface area contributed by atoms with Crippen molar-refractivity contribution in [2.45, 2.75) is 38.7 Å². The lowest BCUT2D eigenvalue weighted by Crippen LogP contribution is -2.35. The molecule has 148 valence electrons. The second-order valence-corrected chi connectivity index (χ2v) is 7.51. The average molecular weight is 380 g/mol. The minimum Gasteiger partial charge on any atom is -0.461 e. The van der Waals surface area contributed by atoms with Gasteiger partial charge < -0.3 is 15.4 Å². The molecule has 1 aliphatic carbocycles. The Morgan fingerprint density at radius 2 is 2.11 bits per heavy atom. The number of amidine groups is 1. The van der Waals surface area contributed by atoms with E-state index < -0.39 is 0 Å². The van der Waals surface area contributed by atoms with Crippen LogP contribution in [0.3, 0.4) is 0 Å². The Bertz CT molecular complexity index is 793. The minimum absolute atomic E-state index is 0.0313. The number of hydrogen-bond donors (Lipinski definition) is 1. The lowest BCUT2D eigenvalue weighted by molar-refractivity contribution is -0.151. The number of esters is 1. The number of aliphatic imine (C=N–C) groups is 1. The SMILES string of the molecule is C=C/C=C\C=C1/CN=C(c2ccc(N)cc2)N1CC(=O)OC1CCCC(C)C1. The second-order valence-electron chi connectivity index (χ2n) is 7.51. The molecule has 2 unspecified atom stereocenters. The van der Waals surface area contributed by atoms with E-state index >= 15 is 0 Å². The van der Waals surface area contributed by atoms with E-state index in [1.54, 1.807) is 6.08 Å². The van der Waals surface area contributed by atoms with Crippen molar-refractivity contribution in [2.75, 3.05) is 18.8 Å². The lowest BCUT2D eigenvalue weighted by Gasteiger charge is -2.28. The van der Waals surface area contributed by atoms with Crippen molar-refractivity contribution in [2.24, 2.45) is 10.9 Å². The first-order valence-corrected chi connectivity index (χ1v) is 9.92. The van der Waals surface area contributed by atoms with Crippen LogP contribution in [0.25, 0.3) is 0 Å². The summed E-state index contributed by atoms with van der Waals surface area (Å²) in [4.78, 5) is 19.3. The van der Waals surface area contributed by atoms with Gasteiger partial charge in [-0.15, -0.1) is 0 Å². The van der Waals surface area contributed by atoms with Gasteiger partial charge in [0.2, 0.25) is 0 Å². The quantitative estimate of drug-likeness (QED) is 0.459. The zero-order valence-electron chi connectivity index (χ0n) is 16.5. The van der Waals surface area contributed by atoms with Gasteiger partial charge in [0, 0.05) is 16.9 Å². The van der Waals surface area contributed by atoms with E-state index in [1.165, 1.54) is 6.42 Å². The summed E-state index contributed by atoms with van der Waals surface area (Å²) in [5, 5.41) is 0. The number of nitrogens with two attached hydrogens (primary N) is 1. The molecule has 1 aliphatic heterocycles. The van der Waals surface area contributed by atoms with Crippen LogP contribution >= 0.6 is 0 Å². The fraction of sp³-hybridized carbons (Fsp3) is 0.391. The first-order chi connectivity index (χ1) is 13.6. The van der Waals surface area contributed by atoms with Gasteiger partial charge in [0.25, 0.3) is 0 Å². The maximum atomic E-state index is 12.7. The molecule has 5 heteroatoms. The Labute approximate surface area is 167 Å². The summed E-state index contributed by atoms with van der Waals surface area (Å²) in [6.45, 7) is 6.59. The second kappa shape index (κ2) is 9.40. The van der Waals surface area contributed by atoms with Crippen LogP contribution in [0.5, 0.6) is 0 Å². The van der Waals surface area contributed by atoms with Crippen molar-refractivity contribution < 1.29 is 9.53 Å². The van der Waals surface area contributed by atoms with E-state index in [-0.39, 0.29) is 18.6 Å². The Morgan fingerprint density at radius 3 is 2.82 bits per heavy atom. The molecule has 28 heavy (non-hydrogen) atoms. The van der Waals surface area contributed by atoms with Crippen molar-refractivity contribution in [1.29, 1.82) is 0 Å². The van der Waals surface area contributed by atoms with Gasteiger partial charge in [0.1, 0.15) is 18.5 Å². The van der Waals surface area contributed by atoms with Gasteiger partial charge >= 0.3 is 5.97 Å². The monoisotopic (exact) mass is 379 g/mol. The van der Waals surface area contributed by atoms with Crippen LogP contribution in [0.1, 0.15) is 38.2 Å². The normalized spacial score (nSPS) is 23.8. The maximum Gasteiger partial charge on any atom is 0.326 e. The van der Waals surface area contributed by atoms with Crippen molar-refractivity contribution in [3.05, 3.63) is 66.4 Å². The number of carbonyl (C=O) groups is 1. The van der Waals surface area contributed by atoms with Crippen LogP contribution in [-0.4, -0.2) is 35.9 Å². The van der Waals surface area contributed by atoms with Crippen LogP contribution in [0.2, 0.25) is 0 Å². The molecule has 0 spiro atoms. The molecule has 1 aromatic rings. The van der Waals surface area contributed by atoms with E-state index in [9.17, 15) is 4.79 Å². The van der Waals surface area contributed by atoms with Crippen molar-refractivity contribution in [1.82, 2.24) is 4.90 Å². The minimum atomic E-state index is -0.206. The number of hydrogen-bond acceptors (Lipinski definition) is 5. The summed E-state index contributed by atoms with van der Waals surface area (Å²) in [5.41, 5.74) is 8.40. The molecule has 2 atom stereocenters. The molecule has 1 fully saturated rings. The molecule has 0 amide bonds. The highest BCUT2D eigenvalue weighted by molar-refractivity contribution is 6.03. The van der Waals surface area contributed by atoms with Gasteiger partial charge in [-0.25, -0.2) is 0 Å². The molecule has 2 aliphatic rings. The third kappa shape index (κ3) is 5.12. The van der Waals surface area contributed by atoms with E-state index in [4.69, 9.17) is 10.5 Å². The zero-order chi connectivity index (χ0) is 19.9. The number of benzene rings is 1. The van der Waals surface area contributed by atoms with Crippen LogP contribution in [0.15, 0.2) is 65.8 Å². The Kier molecular flexibility index (Phi) is 6.69. The van der Waals surface area contributed by atoms with Crippen LogP contribution in [0.4, 0.5) is 5.69 Å². The molecule has 0 bridgehead atoms. The zero-order valence-corrected chi connectivity index (χ0v) is 16.5. The molecular formula is C23H29N3O2. The van der Waals surface area contributed by atoms with Gasteiger partial charge in [-0.1, -0.05) is 38.2 Å². The molecule has 1 saturated carbocycles. The van der Waals surface area contributed by atoms with Crippen LogP contribution < -0.4 is 5.73 Å². The van der Waals surface area contributed by atoms with E-state index in [0.717, 1.165) is 36.4 Å². The Hall–Kier alpha value is -2.82. The highest BCUT2D eigenvalue weighted by Gasteiger charge is 2.28. The molecule has 1 aromatic carbocycles. The predicted molar refractivity (Wildman–Crippen MR) is 114 cm³/mol. The van der Waals surface area contributed by atoms with Crippen molar-refractivity contribution in [3.63, 3.8) is 0 Å². The Morgan fingerprint density at radius 1 is 1.32 bits per heavy atom. The standard InChI is InChI=1S/C23H29N3O2/c1-3-4-5-8-20-15-25-23(18-10-12-19(24)13-11-18)26(20)16-22(27)28-21-9-6-7-17(2)14-21/h3-5,8,10-13,17,21H,1,6-7,9,14-16,24H2,2H3/b5-4-,20-8+. The highest BCUT2D eigenvalue weighted by atomic mass is 16.5. The summed E-state index contributed by atoms with van der Waals surface area (Å²) in [6.07, 6.45) is 11.7. The Balaban J connectivity index is 1.74. The van der Waals surface area contributed by atoms with E-state index in [2.05, 4.69) is 18.5 Å². The summed E-state index contributed by atoms with van der Waals surface area (Å²) in [7, 11) is 0. The third-order valence-electron chi connectivity index (χ3n) is 5.17. The topological polar surface area (TPSA) is 67.9 Å². The molecule has 0 radical (unpaired) electrons. The largest absolute Gasteiger partial charge is 0.461 e. The fourth-order valence-corrected chi connectivity index (χ4v) is 3.74. The summed E-state index contributed by atoms with van der Waals surface area (Å²) >= 11 is 0. The van der Waals surface area contributed by atoms with Crippen molar-refractivity contribution in [3.8, 4) is 0 Å². The number of nitrogens with zero attached hydrogens (tertiary/aromatic N) is 2. The van der Waals surface area contributed by atoms with E-state index in [1.807, 2.05) is 47.4 Å². The van der Waals surface area contributed by atoms with Crippen LogP contribution in [-0.2, 0) is 9.53 Å². The molecule has 0 aromatic heterocycles. The highest BCUT2D eigenvalue weighted by Crippen LogP contribution is 2.26. The summed E-state index contributed by atoms with van der Waals surface area (Å²) in [5.74, 6) is 1.18. The molecule has 5 nitrogen and oxygen atoms in total. The molecule has 3 rings (SSSR count). The molecule has 1 heterocycles. The molecule has 0 saturated heterocycles. The predicted octanol–water partition coefficient (Wildman–Crippen LogP) is 4.08. The number of rotatable bonds is 6. The van der Waals surface area contributed by atoms with Gasteiger partial charge in [-0.3, -0.25) is 9.79 Å². The fourth-order valence-electron chi connectivity index (χ4n) is 3.74. The number of allylic oxidation sites excluding steroid dienone is 4. The van der Waals surface area contributed by atoms with Crippen LogP contribution in [0, 0.1) is 5.92 Å².